The Morgan fingerprint density at radius 1 is 0.976 bits per heavy atom. The molecular weight excluding hydrogens is 546 g/mol. The smallest absolute Gasteiger partial charge is 0.266 e. The van der Waals surface area contributed by atoms with E-state index in [2.05, 4.69) is 27.0 Å². The third-order valence-electron chi connectivity index (χ3n) is 7.26. The van der Waals surface area contributed by atoms with Gasteiger partial charge in [-0.2, -0.15) is 5.26 Å². The molecule has 0 aliphatic carbocycles. The fourth-order valence-electron chi connectivity index (χ4n) is 5.14. The summed E-state index contributed by atoms with van der Waals surface area (Å²) < 4.78 is 0.971. The number of benzene rings is 3. The number of rotatable bonds is 6. The number of anilines is 1. The number of hydrogen-bond donors (Lipinski definition) is 4. The minimum atomic E-state index is -0.394. The molecule has 1 saturated heterocycles. The van der Waals surface area contributed by atoms with Crippen LogP contribution in [0.1, 0.15) is 38.4 Å². The Labute approximate surface area is 246 Å². The Balaban J connectivity index is 1.41. The fourth-order valence-corrected chi connectivity index (χ4v) is 6.10. The van der Waals surface area contributed by atoms with Crippen molar-refractivity contribution in [2.75, 3.05) is 18.4 Å². The van der Waals surface area contributed by atoms with E-state index in [1.54, 1.807) is 60.7 Å². The molecule has 1 fully saturated rings. The van der Waals surface area contributed by atoms with Crippen LogP contribution in [0.4, 0.5) is 5.82 Å². The zero-order valence-corrected chi connectivity index (χ0v) is 23.4. The van der Waals surface area contributed by atoms with Crippen LogP contribution in [-0.4, -0.2) is 41.0 Å². The average molecular weight is 574 g/mol. The highest BCUT2D eigenvalue weighted by atomic mass is 32.1. The molecule has 0 saturated carbocycles. The first-order valence-corrected chi connectivity index (χ1v) is 14.5. The number of hydrogen-bond acceptors (Lipinski definition) is 7. The van der Waals surface area contributed by atoms with Gasteiger partial charge in [-0.3, -0.25) is 9.59 Å². The maximum atomic E-state index is 13.4. The van der Waals surface area contributed by atoms with Gasteiger partial charge in [0, 0.05) is 34.0 Å². The van der Waals surface area contributed by atoms with Crippen LogP contribution in [0, 0.1) is 11.3 Å². The van der Waals surface area contributed by atoms with Crippen LogP contribution in [0.25, 0.3) is 32.5 Å². The van der Waals surface area contributed by atoms with Crippen LogP contribution >= 0.6 is 11.3 Å². The van der Waals surface area contributed by atoms with Crippen molar-refractivity contribution in [3.8, 4) is 34.2 Å². The van der Waals surface area contributed by atoms with Gasteiger partial charge in [0.2, 0.25) is 0 Å². The highest BCUT2D eigenvalue weighted by Crippen LogP contribution is 2.36. The lowest BCUT2D eigenvalue weighted by Gasteiger charge is -2.23. The van der Waals surface area contributed by atoms with Gasteiger partial charge in [-0.25, -0.2) is 4.98 Å². The van der Waals surface area contributed by atoms with Crippen molar-refractivity contribution >= 4 is 39.1 Å². The molecule has 4 N–H and O–H groups in total. The largest absolute Gasteiger partial charge is 0.507 e. The van der Waals surface area contributed by atoms with E-state index in [0.29, 0.717) is 32.8 Å². The lowest BCUT2D eigenvalue weighted by atomic mass is 9.96. The van der Waals surface area contributed by atoms with E-state index in [4.69, 9.17) is 0 Å². The summed E-state index contributed by atoms with van der Waals surface area (Å²) in [6.07, 6.45) is 1.91. The number of aromatic hydroxyl groups is 1. The standard InChI is InChI=1S/C33H27N5O3S/c34-18-26-25(20-8-5-9-22(15-20)32(40)36-23-10-6-14-35-19-23)17-27(24-11-2-3-12-28(24)39)37-31(26)38-33(41)30-16-21-7-1-4-13-29(21)42-30/h1-5,7-9,11-13,15-17,23,35,39H,6,10,14,19H2,(H,36,40)(H,37,38,41). The van der Waals surface area contributed by atoms with Gasteiger partial charge in [-0.05, 0) is 72.8 Å². The first-order valence-electron chi connectivity index (χ1n) is 13.7. The molecule has 3 heterocycles. The van der Waals surface area contributed by atoms with Gasteiger partial charge in [0.05, 0.1) is 10.6 Å². The number of nitriles is 1. The van der Waals surface area contributed by atoms with Crippen molar-refractivity contribution in [1.29, 1.82) is 5.26 Å². The Hall–Kier alpha value is -5.04. The second-order valence-electron chi connectivity index (χ2n) is 10.1. The number of nitrogens with one attached hydrogen (secondary N) is 3. The van der Waals surface area contributed by atoms with Gasteiger partial charge in [0.1, 0.15) is 17.4 Å². The Bertz CT molecular complexity index is 1820. The van der Waals surface area contributed by atoms with Crippen LogP contribution in [0.2, 0.25) is 0 Å². The van der Waals surface area contributed by atoms with Gasteiger partial charge in [-0.1, -0.05) is 42.5 Å². The molecule has 42 heavy (non-hydrogen) atoms. The van der Waals surface area contributed by atoms with Crippen LogP contribution in [0.3, 0.4) is 0 Å². The average Bonchev–Trinajstić information content (AvgIpc) is 3.46. The van der Waals surface area contributed by atoms with Crippen molar-refractivity contribution in [1.82, 2.24) is 15.6 Å². The Kier molecular flexibility index (Phi) is 7.64. The van der Waals surface area contributed by atoms with Crippen LogP contribution in [0.5, 0.6) is 5.75 Å². The molecule has 1 aliphatic rings. The molecule has 0 bridgehead atoms. The number of amides is 2. The normalized spacial score (nSPS) is 14.7. The number of aromatic nitrogens is 1. The monoisotopic (exact) mass is 573 g/mol. The number of phenols is 1. The molecule has 8 nitrogen and oxygen atoms in total. The number of para-hydroxylation sites is 1. The number of phenolic OH excluding ortho intramolecular Hbond substituents is 1. The number of nitrogens with zero attached hydrogens (tertiary/aromatic N) is 2. The molecule has 5 aromatic rings. The van der Waals surface area contributed by atoms with Crippen molar-refractivity contribution in [2.24, 2.45) is 0 Å². The highest BCUT2D eigenvalue weighted by Gasteiger charge is 2.21. The van der Waals surface area contributed by atoms with Gasteiger partial charge in [0.15, 0.2) is 5.82 Å². The van der Waals surface area contributed by atoms with Gasteiger partial charge < -0.3 is 21.1 Å². The van der Waals surface area contributed by atoms with E-state index >= 15 is 0 Å². The first-order chi connectivity index (χ1) is 20.5. The molecule has 6 rings (SSSR count). The predicted octanol–water partition coefficient (Wildman–Crippen LogP) is 5.94. The molecule has 9 heteroatoms. The van der Waals surface area contributed by atoms with Crippen molar-refractivity contribution in [3.63, 3.8) is 0 Å². The van der Waals surface area contributed by atoms with E-state index in [1.165, 1.54) is 11.3 Å². The third-order valence-corrected chi connectivity index (χ3v) is 8.38. The lowest BCUT2D eigenvalue weighted by molar-refractivity contribution is 0.0930. The number of carbonyl (C=O) groups excluding carboxylic acids is 2. The van der Waals surface area contributed by atoms with Crippen molar-refractivity contribution in [3.05, 3.63) is 101 Å². The number of pyridine rings is 1. The summed E-state index contributed by atoms with van der Waals surface area (Å²) in [5.74, 6) is -0.511. The number of piperidine rings is 1. The van der Waals surface area contributed by atoms with Crippen molar-refractivity contribution in [2.45, 2.75) is 18.9 Å². The summed E-state index contributed by atoms with van der Waals surface area (Å²) in [5.41, 5.74) is 2.51. The molecule has 1 aliphatic heterocycles. The minimum Gasteiger partial charge on any atom is -0.507 e. The molecule has 1 unspecified atom stereocenters. The Morgan fingerprint density at radius 3 is 2.60 bits per heavy atom. The van der Waals surface area contributed by atoms with Gasteiger partial charge in [-0.15, -0.1) is 11.3 Å². The van der Waals surface area contributed by atoms with E-state index in [0.717, 1.165) is 36.0 Å². The minimum absolute atomic E-state index is 0.0108. The number of fused-ring (bicyclic) bond motifs is 1. The van der Waals surface area contributed by atoms with Crippen LogP contribution < -0.4 is 16.0 Å². The summed E-state index contributed by atoms with van der Waals surface area (Å²) in [6, 6.07) is 27.2. The summed E-state index contributed by atoms with van der Waals surface area (Å²) in [4.78, 5) is 31.6. The van der Waals surface area contributed by atoms with Gasteiger partial charge >= 0.3 is 0 Å². The SMILES string of the molecule is N#Cc1c(-c2cccc(C(=O)NC3CCCNC3)c2)cc(-c2ccccc2O)nc1NC(=O)c1cc2ccccc2s1. The van der Waals surface area contributed by atoms with Crippen LogP contribution in [-0.2, 0) is 0 Å². The third kappa shape index (κ3) is 5.59. The molecule has 2 aromatic heterocycles. The fraction of sp³-hybridized carbons (Fsp3) is 0.152. The van der Waals surface area contributed by atoms with Crippen molar-refractivity contribution < 1.29 is 14.7 Å². The molecule has 208 valence electrons. The number of carbonyl (C=O) groups is 2. The van der Waals surface area contributed by atoms with E-state index in [-0.39, 0.29) is 29.1 Å². The van der Waals surface area contributed by atoms with E-state index < -0.39 is 5.91 Å². The molecule has 1 atom stereocenters. The number of thiophene rings is 1. The second kappa shape index (κ2) is 11.8. The maximum absolute atomic E-state index is 13.4. The molecule has 0 radical (unpaired) electrons. The first kappa shape index (κ1) is 27.1. The van der Waals surface area contributed by atoms with E-state index in [1.807, 2.05) is 24.3 Å². The zero-order valence-electron chi connectivity index (χ0n) is 22.6. The topological polar surface area (TPSA) is 127 Å². The van der Waals surface area contributed by atoms with Crippen LogP contribution in [0.15, 0.2) is 84.9 Å². The quantitative estimate of drug-likeness (QED) is 0.199. The predicted molar refractivity (Wildman–Crippen MR) is 165 cm³/mol. The second-order valence-corrected chi connectivity index (χ2v) is 11.2. The highest BCUT2D eigenvalue weighted by molar-refractivity contribution is 7.20. The summed E-state index contributed by atoms with van der Waals surface area (Å²) in [7, 11) is 0. The zero-order chi connectivity index (χ0) is 29.1. The molecule has 3 aromatic carbocycles. The Morgan fingerprint density at radius 2 is 1.81 bits per heavy atom. The molecule has 0 spiro atoms. The molecular formula is C33H27N5O3S. The maximum Gasteiger partial charge on any atom is 0.266 e. The summed E-state index contributed by atoms with van der Waals surface area (Å²) in [5, 5.41) is 31.1. The summed E-state index contributed by atoms with van der Waals surface area (Å²) >= 11 is 1.35. The van der Waals surface area contributed by atoms with E-state index in [9.17, 15) is 20.0 Å². The molecule has 2 amide bonds. The lowest BCUT2D eigenvalue weighted by Crippen LogP contribution is -2.45. The summed E-state index contributed by atoms with van der Waals surface area (Å²) in [6.45, 7) is 1.67. The van der Waals surface area contributed by atoms with Gasteiger partial charge in [0.25, 0.3) is 11.8 Å².